The van der Waals surface area contributed by atoms with Gasteiger partial charge in [-0.3, -0.25) is 4.99 Å². The SMILES string of the molecule is Cn1ccnc1COc1cccc(-c2nc(Nc3ccc4c(c3)C=NC4)c3ccccc3n2)c1. The lowest BCUT2D eigenvalue weighted by Crippen LogP contribution is -2.03. The van der Waals surface area contributed by atoms with Gasteiger partial charge in [-0.15, -0.1) is 0 Å². The van der Waals surface area contributed by atoms with E-state index in [1.54, 1.807) is 6.20 Å². The molecule has 0 aliphatic carbocycles. The van der Waals surface area contributed by atoms with Crippen molar-refractivity contribution in [3.63, 3.8) is 0 Å². The smallest absolute Gasteiger partial charge is 0.162 e. The van der Waals surface area contributed by atoms with Gasteiger partial charge in [0.15, 0.2) is 5.82 Å². The first-order valence-electron chi connectivity index (χ1n) is 11.1. The summed E-state index contributed by atoms with van der Waals surface area (Å²) < 4.78 is 7.93. The molecular weight excluding hydrogens is 424 g/mol. The number of ether oxygens (including phenoxy) is 1. The minimum Gasteiger partial charge on any atom is -0.486 e. The zero-order chi connectivity index (χ0) is 22.9. The lowest BCUT2D eigenvalue weighted by atomic mass is 10.1. The first-order chi connectivity index (χ1) is 16.7. The number of rotatable bonds is 6. The maximum absolute atomic E-state index is 5.98. The molecule has 2 aromatic heterocycles. The largest absolute Gasteiger partial charge is 0.486 e. The molecule has 0 radical (unpaired) electrons. The number of imidazole rings is 1. The fourth-order valence-corrected chi connectivity index (χ4v) is 4.03. The van der Waals surface area contributed by atoms with Crippen molar-refractivity contribution in [2.75, 3.05) is 5.32 Å². The van der Waals surface area contributed by atoms with Crippen LogP contribution in [0.3, 0.4) is 0 Å². The average Bonchev–Trinajstić information content (AvgIpc) is 3.51. The topological polar surface area (TPSA) is 77.2 Å². The highest BCUT2D eigenvalue weighted by Crippen LogP contribution is 2.30. The van der Waals surface area contributed by atoms with Crippen molar-refractivity contribution >= 4 is 28.6 Å². The molecular formula is C27H22N6O. The highest BCUT2D eigenvalue weighted by atomic mass is 16.5. The zero-order valence-corrected chi connectivity index (χ0v) is 18.6. The number of nitrogens with zero attached hydrogens (tertiary/aromatic N) is 5. The van der Waals surface area contributed by atoms with Crippen LogP contribution in [0.5, 0.6) is 5.75 Å². The molecule has 34 heavy (non-hydrogen) atoms. The third-order valence-electron chi connectivity index (χ3n) is 5.88. The highest BCUT2D eigenvalue weighted by molar-refractivity contribution is 5.93. The van der Waals surface area contributed by atoms with E-state index in [1.165, 1.54) is 5.56 Å². The predicted molar refractivity (Wildman–Crippen MR) is 134 cm³/mol. The molecule has 0 fully saturated rings. The summed E-state index contributed by atoms with van der Waals surface area (Å²) in [6, 6.07) is 22.1. The van der Waals surface area contributed by atoms with Gasteiger partial charge in [0, 0.05) is 42.3 Å². The number of anilines is 2. The van der Waals surface area contributed by atoms with E-state index in [0.717, 1.165) is 51.7 Å². The van der Waals surface area contributed by atoms with Crippen LogP contribution < -0.4 is 10.1 Å². The van der Waals surface area contributed by atoms with Gasteiger partial charge >= 0.3 is 0 Å². The Kier molecular flexibility index (Phi) is 4.99. The molecule has 3 heterocycles. The van der Waals surface area contributed by atoms with E-state index in [-0.39, 0.29) is 0 Å². The number of hydrogen-bond donors (Lipinski definition) is 1. The molecule has 1 aliphatic rings. The second-order valence-electron chi connectivity index (χ2n) is 8.19. The van der Waals surface area contributed by atoms with Crippen LogP contribution in [0.4, 0.5) is 11.5 Å². The molecule has 0 saturated carbocycles. The highest BCUT2D eigenvalue weighted by Gasteiger charge is 2.12. The molecule has 0 atom stereocenters. The minimum atomic E-state index is 0.389. The van der Waals surface area contributed by atoms with E-state index in [0.29, 0.717) is 12.4 Å². The Morgan fingerprint density at radius 1 is 1.00 bits per heavy atom. The Labute approximate surface area is 196 Å². The van der Waals surface area contributed by atoms with E-state index in [4.69, 9.17) is 14.7 Å². The molecule has 3 aromatic carbocycles. The molecule has 5 aromatic rings. The number of aryl methyl sites for hydroxylation is 1. The van der Waals surface area contributed by atoms with Crippen molar-refractivity contribution in [1.82, 2.24) is 19.5 Å². The standard InChI is InChI=1S/C27H22N6O/c1-33-12-11-29-25(33)17-34-22-6-4-5-18(14-22)26-31-24-8-3-2-7-23(24)27(32-26)30-21-10-9-19-15-28-16-20(19)13-21/h2-14,16H,15,17H2,1H3,(H,30,31,32). The molecule has 0 saturated heterocycles. The van der Waals surface area contributed by atoms with Gasteiger partial charge < -0.3 is 14.6 Å². The van der Waals surface area contributed by atoms with E-state index in [1.807, 2.05) is 72.6 Å². The second-order valence-corrected chi connectivity index (χ2v) is 8.19. The Morgan fingerprint density at radius 2 is 1.94 bits per heavy atom. The van der Waals surface area contributed by atoms with E-state index < -0.39 is 0 Å². The monoisotopic (exact) mass is 446 g/mol. The van der Waals surface area contributed by atoms with Gasteiger partial charge in [-0.05, 0) is 47.5 Å². The lowest BCUT2D eigenvalue weighted by molar-refractivity contribution is 0.292. The van der Waals surface area contributed by atoms with Crippen LogP contribution in [-0.2, 0) is 20.2 Å². The Bertz CT molecular complexity index is 1540. The van der Waals surface area contributed by atoms with Crippen molar-refractivity contribution < 1.29 is 4.74 Å². The van der Waals surface area contributed by atoms with Crippen molar-refractivity contribution in [1.29, 1.82) is 0 Å². The quantitative estimate of drug-likeness (QED) is 0.384. The number of benzene rings is 3. The van der Waals surface area contributed by atoms with Crippen LogP contribution in [0.1, 0.15) is 17.0 Å². The van der Waals surface area contributed by atoms with Crippen LogP contribution in [0, 0.1) is 0 Å². The van der Waals surface area contributed by atoms with Gasteiger partial charge in [0.2, 0.25) is 0 Å². The van der Waals surface area contributed by atoms with Crippen LogP contribution in [0.15, 0.2) is 84.1 Å². The van der Waals surface area contributed by atoms with Crippen molar-refractivity contribution in [3.05, 3.63) is 96.1 Å². The van der Waals surface area contributed by atoms with Gasteiger partial charge in [0.1, 0.15) is 24.0 Å². The molecule has 1 aliphatic heterocycles. The summed E-state index contributed by atoms with van der Waals surface area (Å²) >= 11 is 0. The summed E-state index contributed by atoms with van der Waals surface area (Å²) in [6.45, 7) is 1.13. The number of nitrogens with one attached hydrogen (secondary N) is 1. The lowest BCUT2D eigenvalue weighted by Gasteiger charge is -2.13. The summed E-state index contributed by atoms with van der Waals surface area (Å²) in [5.41, 5.74) is 5.10. The fraction of sp³-hybridized carbons (Fsp3) is 0.111. The molecule has 7 nitrogen and oxygen atoms in total. The van der Waals surface area contributed by atoms with Crippen molar-refractivity contribution in [2.45, 2.75) is 13.2 Å². The van der Waals surface area contributed by atoms with Crippen LogP contribution >= 0.6 is 0 Å². The summed E-state index contributed by atoms with van der Waals surface area (Å²) in [5, 5.41) is 4.46. The van der Waals surface area contributed by atoms with Gasteiger partial charge in [0.05, 0.1) is 12.1 Å². The van der Waals surface area contributed by atoms with Crippen LogP contribution in [0.2, 0.25) is 0 Å². The summed E-state index contributed by atoms with van der Waals surface area (Å²) in [7, 11) is 1.95. The van der Waals surface area contributed by atoms with Gasteiger partial charge in [-0.25, -0.2) is 15.0 Å². The molecule has 0 bridgehead atoms. The first-order valence-corrected chi connectivity index (χ1v) is 11.1. The predicted octanol–water partition coefficient (Wildman–Crippen LogP) is 5.29. The van der Waals surface area contributed by atoms with Gasteiger partial charge in [-0.1, -0.05) is 30.3 Å². The maximum atomic E-state index is 5.98. The molecule has 1 N–H and O–H groups in total. The number of hydrogen-bond acceptors (Lipinski definition) is 6. The second kappa shape index (κ2) is 8.44. The molecule has 0 unspecified atom stereocenters. The van der Waals surface area contributed by atoms with Crippen molar-refractivity contribution in [2.24, 2.45) is 12.0 Å². The van der Waals surface area contributed by atoms with Gasteiger partial charge in [0.25, 0.3) is 0 Å². The Morgan fingerprint density at radius 3 is 2.85 bits per heavy atom. The van der Waals surface area contributed by atoms with Crippen LogP contribution in [-0.4, -0.2) is 25.7 Å². The third-order valence-corrected chi connectivity index (χ3v) is 5.88. The normalized spacial score (nSPS) is 12.1. The molecule has 7 heteroatoms. The number of fused-ring (bicyclic) bond motifs is 2. The van der Waals surface area contributed by atoms with E-state index in [2.05, 4.69) is 33.5 Å². The number of para-hydroxylation sites is 1. The Hall–Kier alpha value is -4.52. The van der Waals surface area contributed by atoms with Crippen molar-refractivity contribution in [3.8, 4) is 17.1 Å². The molecule has 6 rings (SSSR count). The minimum absolute atomic E-state index is 0.389. The van der Waals surface area contributed by atoms with Crippen LogP contribution in [0.25, 0.3) is 22.3 Å². The summed E-state index contributed by atoms with van der Waals surface area (Å²) in [6.07, 6.45) is 5.58. The average molecular weight is 447 g/mol. The molecule has 0 spiro atoms. The number of aromatic nitrogens is 4. The molecule has 0 amide bonds. The summed E-state index contributed by atoms with van der Waals surface area (Å²) in [5.74, 6) is 2.99. The van der Waals surface area contributed by atoms with E-state index in [9.17, 15) is 0 Å². The molecule has 166 valence electrons. The maximum Gasteiger partial charge on any atom is 0.162 e. The van der Waals surface area contributed by atoms with Gasteiger partial charge in [-0.2, -0.15) is 0 Å². The fourth-order valence-electron chi connectivity index (χ4n) is 4.03. The van der Waals surface area contributed by atoms with E-state index >= 15 is 0 Å². The number of aliphatic imine (C=N–C) groups is 1. The third kappa shape index (κ3) is 3.88. The first kappa shape index (κ1) is 20.1. The zero-order valence-electron chi connectivity index (χ0n) is 18.6. The Balaban J connectivity index is 1.34. The summed E-state index contributed by atoms with van der Waals surface area (Å²) in [4.78, 5) is 18.4.